The number of aromatic hydroxyl groups is 1. The molecule has 20 heavy (non-hydrogen) atoms. The number of nitrogens with zero attached hydrogens (tertiary/aromatic N) is 1. The summed E-state index contributed by atoms with van der Waals surface area (Å²) in [6, 6.07) is 6.28. The number of alkyl halides is 2. The Morgan fingerprint density at radius 2 is 1.85 bits per heavy atom. The summed E-state index contributed by atoms with van der Waals surface area (Å²) in [6.45, 7) is -0.995. The first-order valence-corrected chi connectivity index (χ1v) is 6.29. The van der Waals surface area contributed by atoms with Crippen molar-refractivity contribution in [2.24, 2.45) is 0 Å². The molecule has 0 aliphatic carbocycles. The average molecular weight is 347 g/mol. The van der Waals surface area contributed by atoms with Gasteiger partial charge >= 0.3 is 5.69 Å². The van der Waals surface area contributed by atoms with Crippen LogP contribution in [0.15, 0.2) is 38.3 Å². The topological polar surface area (TPSA) is 75.1 Å². The van der Waals surface area contributed by atoms with E-state index in [1.165, 1.54) is 12.1 Å². The van der Waals surface area contributed by atoms with E-state index in [4.69, 9.17) is 0 Å². The molecule has 0 spiro atoms. The van der Waals surface area contributed by atoms with Crippen molar-refractivity contribution >= 4 is 15.9 Å². The van der Waals surface area contributed by atoms with Crippen LogP contribution in [0.3, 0.4) is 0 Å². The van der Waals surface area contributed by atoms with Crippen LogP contribution in [0, 0.1) is 0 Å². The fourth-order valence-corrected chi connectivity index (χ4v) is 2.01. The van der Waals surface area contributed by atoms with E-state index >= 15 is 0 Å². The van der Waals surface area contributed by atoms with Gasteiger partial charge in [0.25, 0.3) is 12.0 Å². The van der Waals surface area contributed by atoms with Crippen molar-refractivity contribution < 1.29 is 13.9 Å². The van der Waals surface area contributed by atoms with Gasteiger partial charge in [-0.2, -0.15) is 0 Å². The number of hydrogen-bond donors (Lipinski definition) is 2. The first kappa shape index (κ1) is 14.4. The molecule has 5 nitrogen and oxygen atoms in total. The Labute approximate surface area is 119 Å². The van der Waals surface area contributed by atoms with E-state index in [1.54, 1.807) is 12.1 Å². The smallest absolute Gasteiger partial charge is 0.331 e. The lowest BCUT2D eigenvalue weighted by Crippen LogP contribution is -2.32. The lowest BCUT2D eigenvalue weighted by molar-refractivity contribution is 0.120. The van der Waals surface area contributed by atoms with Crippen molar-refractivity contribution in [3.8, 4) is 17.0 Å². The van der Waals surface area contributed by atoms with Gasteiger partial charge in [-0.3, -0.25) is 14.3 Å². The van der Waals surface area contributed by atoms with Crippen molar-refractivity contribution in [3.05, 3.63) is 49.6 Å². The SMILES string of the molecule is O=c1[nH]c(=O)n(CC(F)F)c(O)c1-c1ccc(Br)cc1. The summed E-state index contributed by atoms with van der Waals surface area (Å²) < 4.78 is 26.0. The zero-order valence-electron chi connectivity index (χ0n) is 9.94. The highest BCUT2D eigenvalue weighted by Gasteiger charge is 2.18. The lowest BCUT2D eigenvalue weighted by atomic mass is 10.1. The third-order valence-corrected chi connectivity index (χ3v) is 3.15. The monoisotopic (exact) mass is 346 g/mol. The molecular formula is C12H9BrF2N2O3. The molecule has 0 aliphatic heterocycles. The van der Waals surface area contributed by atoms with Gasteiger partial charge in [0.1, 0.15) is 5.56 Å². The Hall–Kier alpha value is -1.96. The molecule has 0 amide bonds. The van der Waals surface area contributed by atoms with Crippen LogP contribution in [0.4, 0.5) is 8.78 Å². The van der Waals surface area contributed by atoms with E-state index in [1.807, 2.05) is 4.98 Å². The maximum absolute atomic E-state index is 12.4. The second-order valence-corrected chi connectivity index (χ2v) is 4.88. The van der Waals surface area contributed by atoms with Gasteiger partial charge in [0.15, 0.2) is 0 Å². The molecule has 106 valence electrons. The van der Waals surface area contributed by atoms with Gasteiger partial charge in [-0.05, 0) is 17.7 Å². The fourth-order valence-electron chi connectivity index (χ4n) is 1.74. The number of rotatable bonds is 3. The molecule has 0 aliphatic rings. The summed E-state index contributed by atoms with van der Waals surface area (Å²) >= 11 is 3.21. The first-order valence-electron chi connectivity index (χ1n) is 5.50. The summed E-state index contributed by atoms with van der Waals surface area (Å²) in [6.07, 6.45) is -2.83. The minimum atomic E-state index is -2.83. The summed E-state index contributed by atoms with van der Waals surface area (Å²) in [5.74, 6) is -0.777. The largest absolute Gasteiger partial charge is 0.494 e. The van der Waals surface area contributed by atoms with Crippen molar-refractivity contribution in [1.82, 2.24) is 9.55 Å². The third kappa shape index (κ3) is 2.79. The van der Waals surface area contributed by atoms with Gasteiger partial charge < -0.3 is 5.11 Å². The molecule has 0 saturated heterocycles. The van der Waals surface area contributed by atoms with Crippen LogP contribution in [0.25, 0.3) is 11.1 Å². The predicted octanol–water partition coefficient (Wildman–Crippen LogP) is 1.94. The molecule has 0 fully saturated rings. The van der Waals surface area contributed by atoms with E-state index in [0.717, 1.165) is 4.47 Å². The van der Waals surface area contributed by atoms with Gasteiger partial charge in [-0.1, -0.05) is 28.1 Å². The van der Waals surface area contributed by atoms with Crippen molar-refractivity contribution in [1.29, 1.82) is 0 Å². The number of aromatic amines is 1. The Morgan fingerprint density at radius 3 is 2.40 bits per heavy atom. The molecule has 2 rings (SSSR count). The second kappa shape index (κ2) is 5.58. The van der Waals surface area contributed by atoms with Gasteiger partial charge in [0.05, 0.1) is 6.54 Å². The van der Waals surface area contributed by atoms with Crippen LogP contribution in [-0.4, -0.2) is 21.1 Å². The van der Waals surface area contributed by atoms with Crippen molar-refractivity contribution in [2.75, 3.05) is 0 Å². The maximum atomic E-state index is 12.4. The number of benzene rings is 1. The molecule has 0 atom stereocenters. The van der Waals surface area contributed by atoms with Crippen LogP contribution in [0.2, 0.25) is 0 Å². The third-order valence-electron chi connectivity index (χ3n) is 2.63. The molecule has 2 N–H and O–H groups in total. The fraction of sp³-hybridized carbons (Fsp3) is 0.167. The van der Waals surface area contributed by atoms with Gasteiger partial charge in [0, 0.05) is 4.47 Å². The predicted molar refractivity (Wildman–Crippen MR) is 72.1 cm³/mol. The average Bonchev–Trinajstić information content (AvgIpc) is 2.36. The standard InChI is InChI=1S/C12H9BrF2N2O3/c13-7-3-1-6(2-4-7)9-10(18)16-12(20)17(11(9)19)5-8(14)15/h1-4,8,19H,5H2,(H,16,18,20). The summed E-state index contributed by atoms with van der Waals surface area (Å²) in [4.78, 5) is 25.1. The summed E-state index contributed by atoms with van der Waals surface area (Å²) in [5, 5.41) is 9.92. The molecule has 1 heterocycles. The highest BCUT2D eigenvalue weighted by Crippen LogP contribution is 2.25. The van der Waals surface area contributed by atoms with Crippen LogP contribution in [0.1, 0.15) is 0 Å². The first-order chi connectivity index (χ1) is 9.40. The minimum absolute atomic E-state index is 0.224. The number of halogens is 3. The number of hydrogen-bond acceptors (Lipinski definition) is 3. The number of aromatic nitrogens is 2. The van der Waals surface area contributed by atoms with Crippen molar-refractivity contribution in [3.63, 3.8) is 0 Å². The molecule has 0 bridgehead atoms. The summed E-state index contributed by atoms with van der Waals surface area (Å²) in [7, 11) is 0. The van der Waals surface area contributed by atoms with E-state index in [2.05, 4.69) is 15.9 Å². The van der Waals surface area contributed by atoms with E-state index in [-0.39, 0.29) is 5.56 Å². The quantitative estimate of drug-likeness (QED) is 0.891. The molecule has 0 saturated carbocycles. The van der Waals surface area contributed by atoms with Gasteiger partial charge in [-0.15, -0.1) is 0 Å². The Morgan fingerprint density at radius 1 is 1.25 bits per heavy atom. The Balaban J connectivity index is 2.67. The second-order valence-electron chi connectivity index (χ2n) is 3.97. The van der Waals surface area contributed by atoms with Crippen molar-refractivity contribution in [2.45, 2.75) is 13.0 Å². The molecule has 2 aromatic rings. The van der Waals surface area contributed by atoms with E-state index in [9.17, 15) is 23.5 Å². The van der Waals surface area contributed by atoms with Crippen LogP contribution in [-0.2, 0) is 6.54 Å². The Kier molecular flexibility index (Phi) is 4.03. The molecule has 1 aromatic heterocycles. The summed E-state index contributed by atoms with van der Waals surface area (Å²) in [5.41, 5.74) is -1.82. The number of nitrogens with one attached hydrogen (secondary N) is 1. The zero-order valence-corrected chi connectivity index (χ0v) is 11.5. The minimum Gasteiger partial charge on any atom is -0.494 e. The molecule has 1 aromatic carbocycles. The van der Waals surface area contributed by atoms with Gasteiger partial charge in [0.2, 0.25) is 5.88 Å². The van der Waals surface area contributed by atoms with E-state index < -0.39 is 30.1 Å². The molecule has 0 radical (unpaired) electrons. The highest BCUT2D eigenvalue weighted by atomic mass is 79.9. The molecule has 0 unspecified atom stereocenters. The maximum Gasteiger partial charge on any atom is 0.331 e. The Bertz CT molecular complexity index is 738. The number of H-pyrrole nitrogens is 1. The van der Waals surface area contributed by atoms with E-state index in [0.29, 0.717) is 10.1 Å². The lowest BCUT2D eigenvalue weighted by Gasteiger charge is -2.11. The highest BCUT2D eigenvalue weighted by molar-refractivity contribution is 9.10. The van der Waals surface area contributed by atoms with Crippen LogP contribution >= 0.6 is 15.9 Å². The van der Waals surface area contributed by atoms with Crippen LogP contribution < -0.4 is 11.2 Å². The van der Waals surface area contributed by atoms with Gasteiger partial charge in [-0.25, -0.2) is 13.6 Å². The molecular weight excluding hydrogens is 338 g/mol. The van der Waals surface area contributed by atoms with Crippen LogP contribution in [0.5, 0.6) is 5.88 Å². The molecule has 8 heteroatoms. The normalized spacial score (nSPS) is 11.0. The zero-order chi connectivity index (χ0) is 14.9.